The van der Waals surface area contributed by atoms with Crippen molar-refractivity contribution in [2.45, 2.75) is 91.4 Å². The van der Waals surface area contributed by atoms with Crippen LogP contribution in [0.1, 0.15) is 97.3 Å². The van der Waals surface area contributed by atoms with Gasteiger partial charge in [0.25, 0.3) is 0 Å². The van der Waals surface area contributed by atoms with Gasteiger partial charge in [-0.05, 0) is 58.8 Å². The van der Waals surface area contributed by atoms with Gasteiger partial charge in [0.05, 0.1) is 5.57 Å². The van der Waals surface area contributed by atoms with Gasteiger partial charge in [0.15, 0.2) is 0 Å². The van der Waals surface area contributed by atoms with Gasteiger partial charge < -0.3 is 5.11 Å². The maximum Gasteiger partial charge on any atom is 0.336 e. The fourth-order valence-corrected chi connectivity index (χ4v) is 3.99. The van der Waals surface area contributed by atoms with Gasteiger partial charge in [-0.1, -0.05) is 103 Å². The molecule has 1 N–H and O–H groups in total. The third kappa shape index (κ3) is 6.72. The Morgan fingerprint density at radius 1 is 0.900 bits per heavy atom. The largest absolute Gasteiger partial charge is 0.478 e. The van der Waals surface area contributed by atoms with E-state index in [4.69, 9.17) is 0 Å². The molecule has 0 aliphatic heterocycles. The molecule has 2 heteroatoms. The average molecular weight is 409 g/mol. The Hall–Kier alpha value is -2.09. The van der Waals surface area contributed by atoms with Gasteiger partial charge in [-0.15, -0.1) is 0 Å². The molecule has 2 nitrogen and oxygen atoms in total. The van der Waals surface area contributed by atoms with E-state index in [1.165, 1.54) is 32.1 Å². The summed E-state index contributed by atoms with van der Waals surface area (Å²) in [6.07, 6.45) is 14.8. The van der Waals surface area contributed by atoms with E-state index < -0.39 is 5.97 Å². The van der Waals surface area contributed by atoms with E-state index in [1.54, 1.807) is 0 Å². The fraction of sp³-hybridized carbons (Fsp3) is 0.536. The lowest BCUT2D eigenvalue weighted by Gasteiger charge is -2.26. The van der Waals surface area contributed by atoms with E-state index in [2.05, 4.69) is 59.8 Å². The number of carboxylic acids is 1. The molecular weight excluding hydrogens is 368 g/mol. The summed E-state index contributed by atoms with van der Waals surface area (Å²) < 4.78 is 0. The Labute approximate surface area is 183 Å². The molecule has 0 heterocycles. The Morgan fingerprint density at radius 3 is 1.90 bits per heavy atom. The zero-order chi connectivity index (χ0) is 22.5. The van der Waals surface area contributed by atoms with E-state index in [-0.39, 0.29) is 10.8 Å². The first-order valence-electron chi connectivity index (χ1n) is 11.3. The second kappa shape index (κ2) is 9.81. The summed E-state index contributed by atoms with van der Waals surface area (Å²) >= 11 is 0. The lowest BCUT2D eigenvalue weighted by atomic mass is 9.78. The predicted molar refractivity (Wildman–Crippen MR) is 129 cm³/mol. The Kier molecular flexibility index (Phi) is 7.91. The highest BCUT2D eigenvalue weighted by molar-refractivity contribution is 6.17. The number of hydrogen-bond donors (Lipinski definition) is 1. The fourth-order valence-electron chi connectivity index (χ4n) is 3.99. The van der Waals surface area contributed by atoms with Crippen LogP contribution in [0.2, 0.25) is 0 Å². The molecule has 2 rings (SSSR count). The number of carboxylic acid groups (broad SMARTS) is 1. The van der Waals surface area contributed by atoms with Crippen molar-refractivity contribution < 1.29 is 9.90 Å². The van der Waals surface area contributed by atoms with Crippen LogP contribution in [0.15, 0.2) is 48.1 Å². The highest BCUT2D eigenvalue weighted by Gasteiger charge is 2.23. The van der Waals surface area contributed by atoms with Gasteiger partial charge in [0.1, 0.15) is 0 Å². The summed E-state index contributed by atoms with van der Waals surface area (Å²) in [4.78, 5) is 12.2. The van der Waals surface area contributed by atoms with Gasteiger partial charge in [-0.2, -0.15) is 0 Å². The molecule has 0 aromatic heterocycles. The van der Waals surface area contributed by atoms with Crippen molar-refractivity contribution in [3.63, 3.8) is 0 Å². The summed E-state index contributed by atoms with van der Waals surface area (Å²) in [5.41, 5.74) is 4.18. The van der Waals surface area contributed by atoms with Crippen molar-refractivity contribution in [3.8, 4) is 0 Å². The number of benzene rings is 1. The van der Waals surface area contributed by atoms with Crippen molar-refractivity contribution >= 4 is 11.5 Å². The Bertz CT molecular complexity index is 800. The first-order chi connectivity index (χ1) is 13.9. The predicted octanol–water partition coefficient (Wildman–Crippen LogP) is 7.83. The molecule has 1 aliphatic rings. The molecule has 1 saturated carbocycles. The highest BCUT2D eigenvalue weighted by atomic mass is 16.4. The van der Waals surface area contributed by atoms with Crippen molar-refractivity contribution in [1.82, 2.24) is 0 Å². The zero-order valence-electron chi connectivity index (χ0n) is 20.0. The van der Waals surface area contributed by atoms with E-state index in [1.807, 2.05) is 31.2 Å². The second-order valence-electron chi connectivity index (χ2n) is 10.8. The van der Waals surface area contributed by atoms with Gasteiger partial charge in [-0.25, -0.2) is 4.79 Å². The van der Waals surface area contributed by atoms with Gasteiger partial charge in [-0.3, -0.25) is 0 Å². The van der Waals surface area contributed by atoms with Gasteiger partial charge in [0.2, 0.25) is 0 Å². The molecular formula is C28H40O2. The molecule has 0 radical (unpaired) electrons. The topological polar surface area (TPSA) is 37.3 Å². The number of rotatable bonds is 5. The third-order valence-electron chi connectivity index (χ3n) is 6.05. The third-order valence-corrected chi connectivity index (χ3v) is 6.05. The smallest absolute Gasteiger partial charge is 0.336 e. The van der Waals surface area contributed by atoms with Crippen molar-refractivity contribution in [2.24, 2.45) is 5.92 Å². The van der Waals surface area contributed by atoms with E-state index in [9.17, 15) is 9.90 Å². The average Bonchev–Trinajstić information content (AvgIpc) is 2.64. The Morgan fingerprint density at radius 2 is 1.43 bits per heavy atom. The molecule has 1 aromatic rings. The quantitative estimate of drug-likeness (QED) is 0.398. The number of hydrogen-bond acceptors (Lipinski definition) is 1. The standard InChI is InChI=1S/C28H40O2/c1-20(13-11-12-16-21-14-9-8-10-15-21)25(26(29)30)22-17-23(27(2,3)4)19-24(18-22)28(5,6)7/h11-13,16-19,21H,8-10,14-15H2,1-7H3,(H,29,30)/b13-11+,16-12+,25-20+. The van der Waals surface area contributed by atoms with Crippen LogP contribution >= 0.6 is 0 Å². The second-order valence-corrected chi connectivity index (χ2v) is 10.8. The first kappa shape index (κ1) is 24.2. The van der Waals surface area contributed by atoms with Crippen LogP contribution < -0.4 is 0 Å². The van der Waals surface area contributed by atoms with Gasteiger partial charge >= 0.3 is 5.97 Å². The minimum atomic E-state index is -0.876. The normalized spacial score (nSPS) is 17.6. The summed E-state index contributed by atoms with van der Waals surface area (Å²) in [7, 11) is 0. The highest BCUT2D eigenvalue weighted by Crippen LogP contribution is 2.33. The van der Waals surface area contributed by atoms with Crippen molar-refractivity contribution in [2.75, 3.05) is 0 Å². The van der Waals surface area contributed by atoms with Crippen LogP contribution in [0, 0.1) is 5.92 Å². The molecule has 30 heavy (non-hydrogen) atoms. The molecule has 0 unspecified atom stereocenters. The number of aliphatic carboxylic acids is 1. The maximum absolute atomic E-state index is 12.2. The molecule has 1 aliphatic carbocycles. The molecule has 0 saturated heterocycles. The number of allylic oxidation sites excluding steroid dienone is 5. The van der Waals surface area contributed by atoms with E-state index in [0.717, 1.165) is 22.3 Å². The molecule has 1 aromatic carbocycles. The zero-order valence-corrected chi connectivity index (χ0v) is 20.0. The summed E-state index contributed by atoms with van der Waals surface area (Å²) in [5.74, 6) is -0.205. The molecule has 164 valence electrons. The van der Waals surface area contributed by atoms with Crippen molar-refractivity contribution in [1.29, 1.82) is 0 Å². The lowest BCUT2D eigenvalue weighted by molar-refractivity contribution is -0.130. The van der Waals surface area contributed by atoms with Crippen LogP contribution in [0.4, 0.5) is 0 Å². The molecule has 0 bridgehead atoms. The first-order valence-corrected chi connectivity index (χ1v) is 11.3. The minimum Gasteiger partial charge on any atom is -0.478 e. The molecule has 0 spiro atoms. The van der Waals surface area contributed by atoms with Crippen molar-refractivity contribution in [3.05, 3.63) is 64.8 Å². The summed E-state index contributed by atoms with van der Waals surface area (Å²) in [6.45, 7) is 14.9. The van der Waals surface area contributed by atoms with Crippen LogP contribution in [-0.4, -0.2) is 11.1 Å². The summed E-state index contributed by atoms with van der Waals surface area (Å²) in [6, 6.07) is 6.32. The Balaban J connectivity index is 2.43. The lowest BCUT2D eigenvalue weighted by Crippen LogP contribution is -2.17. The van der Waals surface area contributed by atoms with Crippen LogP contribution in [0.3, 0.4) is 0 Å². The molecule has 0 atom stereocenters. The van der Waals surface area contributed by atoms with Gasteiger partial charge in [0, 0.05) is 0 Å². The molecule has 1 fully saturated rings. The van der Waals surface area contributed by atoms with Crippen LogP contribution in [0.5, 0.6) is 0 Å². The monoisotopic (exact) mass is 408 g/mol. The molecule has 0 amide bonds. The van der Waals surface area contributed by atoms with Crippen LogP contribution in [-0.2, 0) is 15.6 Å². The minimum absolute atomic E-state index is 0.0495. The van der Waals surface area contributed by atoms with E-state index >= 15 is 0 Å². The summed E-state index contributed by atoms with van der Waals surface area (Å²) in [5, 5.41) is 10.0. The maximum atomic E-state index is 12.2. The SMILES string of the molecule is CC(/C=C/C=C/C1CCCCC1)=C(\C(=O)O)c1cc(C(C)(C)C)cc(C(C)(C)C)c1. The van der Waals surface area contributed by atoms with Crippen LogP contribution in [0.25, 0.3) is 5.57 Å². The number of carbonyl (C=O) groups is 1. The van der Waals surface area contributed by atoms with E-state index in [0.29, 0.717) is 11.5 Å².